The van der Waals surface area contributed by atoms with Crippen LogP contribution < -0.4 is 5.73 Å². The minimum Gasteiger partial charge on any atom is -0.394 e. The Labute approximate surface area is 296 Å². The largest absolute Gasteiger partial charge is 0.394 e. The van der Waals surface area contributed by atoms with E-state index >= 15 is 0 Å². The smallest absolute Gasteiger partial charge is 0.345 e. The lowest BCUT2D eigenvalue weighted by atomic mass is 10.00. The van der Waals surface area contributed by atoms with Crippen molar-refractivity contribution in [3.63, 3.8) is 0 Å². The van der Waals surface area contributed by atoms with Gasteiger partial charge >= 0.3 is 15.2 Å². The van der Waals surface area contributed by atoms with Crippen molar-refractivity contribution in [2.24, 2.45) is 0 Å². The second kappa shape index (κ2) is 16.4. The van der Waals surface area contributed by atoms with Gasteiger partial charge in [0.15, 0.2) is 29.9 Å². The highest BCUT2D eigenvalue weighted by atomic mass is 31.2. The summed E-state index contributed by atoms with van der Waals surface area (Å²) in [6.07, 6.45) is -12.1. The monoisotopic (exact) mass is 767 g/mol. The molecule has 6 rings (SSSR count). The Hall–Kier alpha value is -3.23. The summed E-state index contributed by atoms with van der Waals surface area (Å²) in [7, 11) is -9.38. The molecule has 2 fully saturated rings. The second-order valence-electron chi connectivity index (χ2n) is 12.1. The number of hydrogen-bond donors (Lipinski definition) is 7. The van der Waals surface area contributed by atoms with Crippen molar-refractivity contribution in [2.45, 2.75) is 68.5 Å². The van der Waals surface area contributed by atoms with E-state index in [2.05, 4.69) is 15.0 Å². The molecule has 2 aliphatic rings. The average Bonchev–Trinajstić information content (AvgIpc) is 3.71. The van der Waals surface area contributed by atoms with Gasteiger partial charge in [0.1, 0.15) is 54.6 Å². The fourth-order valence-corrected chi connectivity index (χ4v) is 10.2. The lowest BCUT2D eigenvalue weighted by molar-refractivity contribution is -0.279. The first-order chi connectivity index (χ1) is 24.9. The molecule has 3 unspecified atom stereocenters. The number of nitrogen functional groups attached to an aromatic ring is 1. The van der Waals surface area contributed by atoms with Gasteiger partial charge in [-0.3, -0.25) is 18.2 Å². The molecule has 0 radical (unpaired) electrons. The number of nitrogens with zero attached hydrogens (tertiary/aromatic N) is 4. The number of aliphatic hydroxyl groups is 6. The SMILES string of the molecule is Nc1ncnc2c1ncn2[C@@H]1O[C@H](COP(=O)(CP(=O)(OCc2ccccc2)OC2O[C@H](CO)[C@@H](O)[C@H](O)[C@@H]2O)OCc2ccccc2)[C@@H](O)[C@H]1O. The molecule has 0 spiro atoms. The molecular weight excluding hydrogens is 728 g/mol. The maximum atomic E-state index is 14.6. The average molecular weight is 768 g/mol. The van der Waals surface area contributed by atoms with Crippen molar-refractivity contribution in [3.05, 3.63) is 84.4 Å². The highest BCUT2D eigenvalue weighted by molar-refractivity contribution is 7.71. The Kier molecular flexibility index (Phi) is 12.2. The van der Waals surface area contributed by atoms with E-state index in [1.54, 1.807) is 60.7 Å². The molecule has 0 aliphatic carbocycles. The highest BCUT2D eigenvalue weighted by Crippen LogP contribution is 2.65. The predicted molar refractivity (Wildman–Crippen MR) is 179 cm³/mol. The van der Waals surface area contributed by atoms with Crippen LogP contribution in [-0.2, 0) is 49.9 Å². The molecule has 0 amide bonds. The van der Waals surface area contributed by atoms with Crippen molar-refractivity contribution in [1.82, 2.24) is 19.5 Å². The zero-order valence-corrected chi connectivity index (χ0v) is 29.2. The maximum absolute atomic E-state index is 14.6. The van der Waals surface area contributed by atoms with Gasteiger partial charge in [-0.05, 0) is 11.1 Å². The molecule has 52 heavy (non-hydrogen) atoms. The third-order valence-corrected chi connectivity index (χ3v) is 13.3. The summed E-state index contributed by atoms with van der Waals surface area (Å²) in [4.78, 5) is 12.2. The molecule has 0 bridgehead atoms. The third-order valence-electron chi connectivity index (χ3n) is 8.43. The summed E-state index contributed by atoms with van der Waals surface area (Å²) in [5, 5.41) is 62.8. The van der Waals surface area contributed by atoms with E-state index in [-0.39, 0.29) is 30.2 Å². The molecule has 8 N–H and O–H groups in total. The maximum Gasteiger partial charge on any atom is 0.345 e. The van der Waals surface area contributed by atoms with Crippen molar-refractivity contribution in [1.29, 1.82) is 0 Å². The Balaban J connectivity index is 1.25. The summed E-state index contributed by atoms with van der Waals surface area (Å²) >= 11 is 0. The van der Waals surface area contributed by atoms with Crippen molar-refractivity contribution in [2.75, 3.05) is 24.9 Å². The van der Waals surface area contributed by atoms with E-state index in [1.165, 1.54) is 17.2 Å². The molecule has 4 aromatic rings. The van der Waals surface area contributed by atoms with E-state index < -0.39 is 89.6 Å². The van der Waals surface area contributed by atoms with Gasteiger partial charge in [-0.25, -0.2) is 15.0 Å². The van der Waals surface area contributed by atoms with Gasteiger partial charge in [0, 0.05) is 0 Å². The van der Waals surface area contributed by atoms with Crippen LogP contribution in [-0.4, -0.2) is 118 Å². The van der Waals surface area contributed by atoms with E-state index in [1.807, 2.05) is 0 Å². The van der Waals surface area contributed by atoms with Gasteiger partial charge in [-0.1, -0.05) is 60.7 Å². The van der Waals surface area contributed by atoms with E-state index in [9.17, 15) is 39.8 Å². The number of nitrogens with two attached hydrogens (primary N) is 1. The Morgan fingerprint density at radius 3 is 1.98 bits per heavy atom. The van der Waals surface area contributed by atoms with Crippen LogP contribution in [0.5, 0.6) is 0 Å². The predicted octanol–water partition coefficient (Wildman–Crippen LogP) is 0.638. The zero-order chi connectivity index (χ0) is 37.0. The van der Waals surface area contributed by atoms with Crippen LogP contribution in [0, 0.1) is 0 Å². The lowest BCUT2D eigenvalue weighted by Gasteiger charge is -2.40. The van der Waals surface area contributed by atoms with Crippen molar-refractivity contribution < 1.29 is 67.3 Å². The molecule has 2 saturated heterocycles. The summed E-state index contributed by atoms with van der Waals surface area (Å²) in [6, 6.07) is 17.0. The molecule has 21 heteroatoms. The fraction of sp³-hybridized carbons (Fsp3) is 0.452. The van der Waals surface area contributed by atoms with Crippen LogP contribution in [0.2, 0.25) is 0 Å². The molecule has 19 nitrogen and oxygen atoms in total. The van der Waals surface area contributed by atoms with Crippen LogP contribution in [0.25, 0.3) is 11.2 Å². The molecule has 2 aromatic heterocycles. The second-order valence-corrected chi connectivity index (χ2v) is 16.7. The number of anilines is 1. The molecule has 2 aromatic carbocycles. The van der Waals surface area contributed by atoms with Gasteiger partial charge in [0.25, 0.3) is 0 Å². The number of fused-ring (bicyclic) bond motifs is 1. The van der Waals surface area contributed by atoms with Crippen molar-refractivity contribution in [3.8, 4) is 0 Å². The standard InChI is InChI=1S/C31H39N5O14P2/c32-28-22-29(34-15-33-28)36(16-35-22)30-26(41)24(39)21(48-30)14-47-51(43,45-12-18-7-3-1-4-8-18)17-52(44,46-13-19-9-5-2-6-10-19)50-31-27(42)25(40)23(38)20(11-37)49-31/h1-10,15-16,20-21,23-27,30-31,37-42H,11-14,17H2,(H2,32,33,34)/t20-,21-,23-,24-,25+,26-,27+,30-,31?,51?,52?/m1/s1. The third kappa shape index (κ3) is 8.59. The van der Waals surface area contributed by atoms with Gasteiger partial charge in [0.05, 0.1) is 32.8 Å². The van der Waals surface area contributed by atoms with Crippen LogP contribution in [0.4, 0.5) is 5.82 Å². The minimum absolute atomic E-state index is 0.0815. The van der Waals surface area contributed by atoms with Gasteiger partial charge in [-0.2, -0.15) is 0 Å². The van der Waals surface area contributed by atoms with Gasteiger partial charge in [0.2, 0.25) is 0 Å². The number of imidazole rings is 1. The molecule has 4 heterocycles. The molecule has 282 valence electrons. The molecule has 2 aliphatic heterocycles. The first-order valence-corrected chi connectivity index (χ1v) is 19.5. The number of aliphatic hydroxyl groups excluding tert-OH is 6. The number of benzene rings is 2. The Morgan fingerprint density at radius 2 is 1.35 bits per heavy atom. The van der Waals surface area contributed by atoms with E-state index in [0.717, 1.165) is 0 Å². The van der Waals surface area contributed by atoms with Gasteiger partial charge < -0.3 is 59.4 Å². The molecule has 0 saturated carbocycles. The first-order valence-electron chi connectivity index (χ1n) is 16.0. The zero-order valence-electron chi connectivity index (χ0n) is 27.4. The number of hydrogen-bond acceptors (Lipinski definition) is 18. The first kappa shape index (κ1) is 38.5. The van der Waals surface area contributed by atoms with Crippen LogP contribution in [0.15, 0.2) is 73.3 Å². The van der Waals surface area contributed by atoms with E-state index in [4.69, 9.17) is 33.3 Å². The number of aromatic nitrogens is 4. The molecular formula is C31H39N5O14P2. The normalized spacial score (nSPS) is 30.2. The van der Waals surface area contributed by atoms with E-state index in [0.29, 0.717) is 11.1 Å². The number of ether oxygens (including phenoxy) is 2. The minimum atomic E-state index is -4.75. The van der Waals surface area contributed by atoms with Crippen LogP contribution in [0.3, 0.4) is 0 Å². The summed E-state index contributed by atoms with van der Waals surface area (Å²) in [5.41, 5.74) is 7.41. The summed E-state index contributed by atoms with van der Waals surface area (Å²) in [5.74, 6) is -0.996. The van der Waals surface area contributed by atoms with Crippen molar-refractivity contribution >= 4 is 32.2 Å². The quantitative estimate of drug-likeness (QED) is 0.0817. The lowest BCUT2D eigenvalue weighted by Crippen LogP contribution is -2.59. The Morgan fingerprint density at radius 1 is 0.731 bits per heavy atom. The molecule has 11 atom stereocenters. The van der Waals surface area contributed by atoms with Crippen LogP contribution in [0.1, 0.15) is 17.4 Å². The Bertz CT molecular complexity index is 1870. The summed E-state index contributed by atoms with van der Waals surface area (Å²) in [6.45, 7) is -2.12. The highest BCUT2D eigenvalue weighted by Gasteiger charge is 2.50. The summed E-state index contributed by atoms with van der Waals surface area (Å²) < 4.78 is 64.7. The topological polar surface area (TPSA) is 281 Å². The number of rotatable bonds is 15. The fourth-order valence-electron chi connectivity index (χ4n) is 5.58. The van der Waals surface area contributed by atoms with Crippen LogP contribution >= 0.6 is 15.2 Å². The van der Waals surface area contributed by atoms with Gasteiger partial charge in [-0.15, -0.1) is 0 Å².